The van der Waals surface area contributed by atoms with E-state index in [0.717, 1.165) is 12.2 Å². The van der Waals surface area contributed by atoms with Crippen molar-refractivity contribution in [2.24, 2.45) is 5.92 Å². The summed E-state index contributed by atoms with van der Waals surface area (Å²) in [6.45, 7) is 4.40. The summed E-state index contributed by atoms with van der Waals surface area (Å²) in [5.74, 6) is 1.54. The Labute approximate surface area is 78.9 Å². The predicted molar refractivity (Wildman–Crippen MR) is 53.5 cm³/mol. The van der Waals surface area contributed by atoms with Gasteiger partial charge in [0, 0.05) is 5.56 Å². The van der Waals surface area contributed by atoms with Gasteiger partial charge < -0.3 is 5.73 Å². The van der Waals surface area contributed by atoms with Gasteiger partial charge in [-0.1, -0.05) is 13.8 Å². The first-order valence-electron chi connectivity index (χ1n) is 5.00. The molecule has 0 bridgehead atoms. The van der Waals surface area contributed by atoms with Crippen molar-refractivity contribution in [1.29, 1.82) is 0 Å². The second-order valence-corrected chi connectivity index (χ2v) is 4.33. The van der Waals surface area contributed by atoms with Crippen LogP contribution in [0.1, 0.15) is 38.3 Å². The van der Waals surface area contributed by atoms with E-state index < -0.39 is 0 Å². The smallest absolute Gasteiger partial charge is 0.125 e. The maximum Gasteiger partial charge on any atom is 0.125 e. The first kappa shape index (κ1) is 8.60. The number of anilines is 1. The maximum atomic E-state index is 5.99. The Morgan fingerprint density at radius 2 is 2.31 bits per heavy atom. The molecule has 0 spiro atoms. The fraction of sp³-hybridized carbons (Fsp3) is 0.700. The Morgan fingerprint density at radius 1 is 1.62 bits per heavy atom. The lowest BCUT2D eigenvalue weighted by molar-refractivity contribution is 0.640. The Balaban J connectivity index is 2.17. The highest BCUT2D eigenvalue weighted by Crippen LogP contribution is 2.36. The zero-order valence-electron chi connectivity index (χ0n) is 8.33. The van der Waals surface area contributed by atoms with Crippen LogP contribution in [0.4, 0.5) is 5.82 Å². The Bertz CT molecular complexity index is 297. The monoisotopic (exact) mass is 179 g/mol. The highest BCUT2D eigenvalue weighted by molar-refractivity contribution is 5.39. The van der Waals surface area contributed by atoms with E-state index in [1.807, 2.05) is 10.9 Å². The summed E-state index contributed by atoms with van der Waals surface area (Å²) < 4.78 is 1.98. The van der Waals surface area contributed by atoms with Crippen LogP contribution in [0.15, 0.2) is 6.20 Å². The van der Waals surface area contributed by atoms with Crippen LogP contribution in [0, 0.1) is 5.92 Å². The molecule has 0 saturated heterocycles. The fourth-order valence-electron chi connectivity index (χ4n) is 1.61. The van der Waals surface area contributed by atoms with Gasteiger partial charge in [-0.15, -0.1) is 0 Å². The molecule has 0 radical (unpaired) electrons. The Kier molecular flexibility index (Phi) is 2.02. The summed E-state index contributed by atoms with van der Waals surface area (Å²) in [6.07, 6.45) is 5.45. The average Bonchev–Trinajstić information content (AvgIpc) is 2.81. The van der Waals surface area contributed by atoms with Gasteiger partial charge in [-0.25, -0.2) is 4.68 Å². The van der Waals surface area contributed by atoms with Crippen molar-refractivity contribution in [3.8, 4) is 0 Å². The summed E-state index contributed by atoms with van der Waals surface area (Å²) in [6, 6.07) is 0.598. The standard InChI is InChI=1S/C10H17N3/c1-7(2)5-8-6-12-13(10(8)11)9-3-4-9/h6-7,9H,3-5,11H2,1-2H3. The van der Waals surface area contributed by atoms with Crippen molar-refractivity contribution in [3.05, 3.63) is 11.8 Å². The number of aromatic nitrogens is 2. The summed E-state index contributed by atoms with van der Waals surface area (Å²) in [4.78, 5) is 0. The fourth-order valence-corrected chi connectivity index (χ4v) is 1.61. The molecule has 1 saturated carbocycles. The van der Waals surface area contributed by atoms with Crippen molar-refractivity contribution in [1.82, 2.24) is 9.78 Å². The molecule has 72 valence electrons. The molecule has 1 aromatic heterocycles. The normalized spacial score (nSPS) is 16.8. The van der Waals surface area contributed by atoms with Gasteiger partial charge in [-0.05, 0) is 25.2 Å². The van der Waals surface area contributed by atoms with Crippen LogP contribution in [-0.4, -0.2) is 9.78 Å². The molecular weight excluding hydrogens is 162 g/mol. The molecule has 2 rings (SSSR count). The summed E-state index contributed by atoms with van der Waals surface area (Å²) in [7, 11) is 0. The predicted octanol–water partition coefficient (Wildman–Crippen LogP) is 2.00. The van der Waals surface area contributed by atoms with Gasteiger partial charge in [0.25, 0.3) is 0 Å². The van der Waals surface area contributed by atoms with Gasteiger partial charge in [0.2, 0.25) is 0 Å². The van der Waals surface area contributed by atoms with Gasteiger partial charge in [-0.2, -0.15) is 5.10 Å². The van der Waals surface area contributed by atoms with Crippen molar-refractivity contribution in [3.63, 3.8) is 0 Å². The SMILES string of the molecule is CC(C)Cc1cnn(C2CC2)c1N. The van der Waals surface area contributed by atoms with E-state index in [-0.39, 0.29) is 0 Å². The lowest BCUT2D eigenvalue weighted by Gasteiger charge is -2.04. The number of rotatable bonds is 3. The van der Waals surface area contributed by atoms with Gasteiger partial charge >= 0.3 is 0 Å². The van der Waals surface area contributed by atoms with E-state index in [0.29, 0.717) is 12.0 Å². The lowest BCUT2D eigenvalue weighted by Crippen LogP contribution is -2.04. The molecule has 0 amide bonds. The third-order valence-electron chi connectivity index (χ3n) is 2.43. The molecule has 13 heavy (non-hydrogen) atoms. The summed E-state index contributed by atoms with van der Waals surface area (Å²) >= 11 is 0. The van der Waals surface area contributed by atoms with E-state index >= 15 is 0 Å². The molecule has 0 unspecified atom stereocenters. The molecule has 3 heteroatoms. The minimum atomic E-state index is 0.598. The van der Waals surface area contributed by atoms with E-state index in [4.69, 9.17) is 5.73 Å². The zero-order chi connectivity index (χ0) is 9.42. The molecule has 2 N–H and O–H groups in total. The highest BCUT2D eigenvalue weighted by Gasteiger charge is 2.26. The summed E-state index contributed by atoms with van der Waals surface area (Å²) in [5, 5.41) is 4.32. The van der Waals surface area contributed by atoms with E-state index in [1.165, 1.54) is 18.4 Å². The van der Waals surface area contributed by atoms with Crippen LogP contribution < -0.4 is 5.73 Å². The van der Waals surface area contributed by atoms with E-state index in [2.05, 4.69) is 18.9 Å². The highest BCUT2D eigenvalue weighted by atomic mass is 15.3. The second-order valence-electron chi connectivity index (χ2n) is 4.33. The maximum absolute atomic E-state index is 5.99. The van der Waals surface area contributed by atoms with Crippen molar-refractivity contribution in [2.45, 2.75) is 39.2 Å². The van der Waals surface area contributed by atoms with Crippen LogP contribution >= 0.6 is 0 Å². The van der Waals surface area contributed by atoms with Gasteiger partial charge in [0.1, 0.15) is 5.82 Å². The molecule has 1 heterocycles. The third-order valence-corrected chi connectivity index (χ3v) is 2.43. The van der Waals surface area contributed by atoms with Crippen LogP contribution in [-0.2, 0) is 6.42 Å². The molecule has 0 aromatic carbocycles. The minimum absolute atomic E-state index is 0.598. The first-order chi connectivity index (χ1) is 6.18. The van der Waals surface area contributed by atoms with Crippen LogP contribution in [0.5, 0.6) is 0 Å². The van der Waals surface area contributed by atoms with Crippen LogP contribution in [0.3, 0.4) is 0 Å². The molecule has 3 nitrogen and oxygen atoms in total. The van der Waals surface area contributed by atoms with Crippen LogP contribution in [0.25, 0.3) is 0 Å². The van der Waals surface area contributed by atoms with Gasteiger partial charge in [0.05, 0.1) is 12.2 Å². The number of hydrogen-bond donors (Lipinski definition) is 1. The van der Waals surface area contributed by atoms with E-state index in [1.54, 1.807) is 0 Å². The molecule has 1 aromatic rings. The molecular formula is C10H17N3. The largest absolute Gasteiger partial charge is 0.384 e. The van der Waals surface area contributed by atoms with Gasteiger partial charge in [0.15, 0.2) is 0 Å². The number of nitrogens with two attached hydrogens (primary N) is 1. The minimum Gasteiger partial charge on any atom is -0.384 e. The number of hydrogen-bond acceptors (Lipinski definition) is 2. The number of nitrogen functional groups attached to an aromatic ring is 1. The topological polar surface area (TPSA) is 43.8 Å². The molecule has 1 aliphatic rings. The first-order valence-corrected chi connectivity index (χ1v) is 5.00. The third kappa shape index (κ3) is 1.69. The average molecular weight is 179 g/mol. The number of nitrogens with zero attached hydrogens (tertiary/aromatic N) is 2. The molecule has 0 aliphatic heterocycles. The Hall–Kier alpha value is -0.990. The quantitative estimate of drug-likeness (QED) is 0.771. The van der Waals surface area contributed by atoms with Crippen molar-refractivity contribution >= 4 is 5.82 Å². The Morgan fingerprint density at radius 3 is 2.85 bits per heavy atom. The lowest BCUT2D eigenvalue weighted by atomic mass is 10.1. The molecule has 0 atom stereocenters. The zero-order valence-corrected chi connectivity index (χ0v) is 8.33. The van der Waals surface area contributed by atoms with Crippen LogP contribution in [0.2, 0.25) is 0 Å². The van der Waals surface area contributed by atoms with Crippen molar-refractivity contribution in [2.75, 3.05) is 5.73 Å². The van der Waals surface area contributed by atoms with Crippen molar-refractivity contribution < 1.29 is 0 Å². The molecule has 1 fully saturated rings. The van der Waals surface area contributed by atoms with E-state index in [9.17, 15) is 0 Å². The molecule has 1 aliphatic carbocycles. The summed E-state index contributed by atoms with van der Waals surface area (Å²) in [5.41, 5.74) is 7.20. The second kappa shape index (κ2) is 3.05. The van der Waals surface area contributed by atoms with Gasteiger partial charge in [-0.3, -0.25) is 0 Å².